The Kier molecular flexibility index (Phi) is 4.56. The van der Waals surface area contributed by atoms with Gasteiger partial charge >= 0.3 is 0 Å². The Balaban J connectivity index is 2.76. The normalized spacial score (nSPS) is 9.53. The van der Waals surface area contributed by atoms with Crippen molar-refractivity contribution in [2.24, 2.45) is 0 Å². The Hall–Kier alpha value is -1.09. The van der Waals surface area contributed by atoms with Gasteiger partial charge in [-0.1, -0.05) is 21.5 Å². The Bertz CT molecular complexity index is 379. The van der Waals surface area contributed by atoms with Crippen LogP contribution in [0, 0.1) is 0 Å². The van der Waals surface area contributed by atoms with E-state index in [1.54, 1.807) is 12.1 Å². The maximum Gasteiger partial charge on any atom is 0.153 e. The van der Waals surface area contributed by atoms with Gasteiger partial charge in [0.15, 0.2) is 6.29 Å². The molecular weight excluding hydrogens is 256 g/mol. The maximum absolute atomic E-state index is 10.8. The number of allylic oxidation sites excluding steroid dienone is 1. The molecule has 1 aromatic rings. The molecule has 0 bridgehead atoms. The number of ether oxygens (including phenoxy) is 1. The quantitative estimate of drug-likeness (QED) is 0.616. The monoisotopic (exact) mass is 268 g/mol. The van der Waals surface area contributed by atoms with Crippen LogP contribution in [-0.4, -0.2) is 12.9 Å². The van der Waals surface area contributed by atoms with Gasteiger partial charge in [0.1, 0.15) is 12.4 Å². The number of hydrogen-bond donors (Lipinski definition) is 0. The molecule has 2 nitrogen and oxygen atoms in total. The van der Waals surface area contributed by atoms with Crippen LogP contribution in [0.15, 0.2) is 34.3 Å². The van der Waals surface area contributed by atoms with Crippen LogP contribution in [0.1, 0.15) is 24.2 Å². The fraction of sp³-hybridized carbons (Fsp3) is 0.250. The van der Waals surface area contributed by atoms with E-state index in [9.17, 15) is 4.79 Å². The third-order valence-electron chi connectivity index (χ3n) is 1.83. The zero-order valence-electron chi connectivity index (χ0n) is 8.79. The van der Waals surface area contributed by atoms with Crippen LogP contribution in [-0.2, 0) is 0 Å². The van der Waals surface area contributed by atoms with E-state index < -0.39 is 0 Å². The van der Waals surface area contributed by atoms with Gasteiger partial charge in [0.25, 0.3) is 0 Å². The minimum absolute atomic E-state index is 0.491. The zero-order valence-corrected chi connectivity index (χ0v) is 10.4. The van der Waals surface area contributed by atoms with Crippen molar-refractivity contribution in [1.29, 1.82) is 0 Å². The van der Waals surface area contributed by atoms with Crippen molar-refractivity contribution in [3.8, 4) is 5.75 Å². The number of aldehydes is 1. The summed E-state index contributed by atoms with van der Waals surface area (Å²) in [6.07, 6.45) is 2.76. The second-order valence-electron chi connectivity index (χ2n) is 3.39. The summed E-state index contributed by atoms with van der Waals surface area (Å²) in [7, 11) is 0. The number of carbonyl (C=O) groups excluding carboxylic acids is 1. The second-order valence-corrected chi connectivity index (χ2v) is 4.31. The molecule has 15 heavy (non-hydrogen) atoms. The second kappa shape index (κ2) is 5.71. The summed E-state index contributed by atoms with van der Waals surface area (Å²) in [5.41, 5.74) is 1.76. The van der Waals surface area contributed by atoms with E-state index >= 15 is 0 Å². The molecule has 0 amide bonds. The van der Waals surface area contributed by atoms with Gasteiger partial charge in [-0.05, 0) is 38.1 Å². The Labute approximate surface area is 98.1 Å². The molecule has 80 valence electrons. The molecule has 0 aromatic heterocycles. The highest BCUT2D eigenvalue weighted by Crippen LogP contribution is 2.21. The lowest BCUT2D eigenvalue weighted by Gasteiger charge is -2.06. The molecule has 0 aliphatic carbocycles. The van der Waals surface area contributed by atoms with Crippen molar-refractivity contribution < 1.29 is 9.53 Å². The molecule has 0 aliphatic rings. The molecule has 0 aliphatic heterocycles. The summed E-state index contributed by atoms with van der Waals surface area (Å²) < 4.78 is 6.34. The van der Waals surface area contributed by atoms with Crippen molar-refractivity contribution in [3.63, 3.8) is 0 Å². The molecule has 3 heteroatoms. The predicted octanol–water partition coefficient (Wildman–Crippen LogP) is 3.61. The van der Waals surface area contributed by atoms with Crippen molar-refractivity contribution in [2.75, 3.05) is 6.61 Å². The van der Waals surface area contributed by atoms with Gasteiger partial charge in [-0.25, -0.2) is 0 Å². The van der Waals surface area contributed by atoms with E-state index in [0.717, 1.165) is 10.8 Å². The van der Waals surface area contributed by atoms with Crippen molar-refractivity contribution >= 4 is 22.2 Å². The van der Waals surface area contributed by atoms with Gasteiger partial charge < -0.3 is 4.74 Å². The first-order valence-corrected chi connectivity index (χ1v) is 5.43. The third kappa shape index (κ3) is 3.88. The van der Waals surface area contributed by atoms with Crippen LogP contribution in [0.25, 0.3) is 0 Å². The van der Waals surface area contributed by atoms with Crippen LogP contribution in [0.3, 0.4) is 0 Å². The SMILES string of the molecule is CC(C)=CCOc1ccc(Br)cc1C=O. The summed E-state index contributed by atoms with van der Waals surface area (Å²) >= 11 is 3.30. The summed E-state index contributed by atoms with van der Waals surface area (Å²) in [6.45, 7) is 4.50. The van der Waals surface area contributed by atoms with E-state index in [4.69, 9.17) is 4.74 Å². The molecule has 1 aromatic carbocycles. The summed E-state index contributed by atoms with van der Waals surface area (Å²) in [5.74, 6) is 0.616. The first-order chi connectivity index (χ1) is 7.13. The van der Waals surface area contributed by atoms with Gasteiger partial charge in [-0.3, -0.25) is 4.79 Å². The highest BCUT2D eigenvalue weighted by atomic mass is 79.9. The van der Waals surface area contributed by atoms with Gasteiger partial charge in [0, 0.05) is 4.47 Å². The van der Waals surface area contributed by atoms with E-state index in [-0.39, 0.29) is 0 Å². The van der Waals surface area contributed by atoms with Crippen LogP contribution < -0.4 is 4.74 Å². The highest BCUT2D eigenvalue weighted by Gasteiger charge is 2.02. The molecule has 0 heterocycles. The average molecular weight is 269 g/mol. The van der Waals surface area contributed by atoms with E-state index in [1.165, 1.54) is 5.57 Å². The minimum atomic E-state index is 0.491. The Morgan fingerprint density at radius 2 is 2.20 bits per heavy atom. The topological polar surface area (TPSA) is 26.3 Å². The molecule has 0 unspecified atom stereocenters. The van der Waals surface area contributed by atoms with Gasteiger partial charge in [-0.2, -0.15) is 0 Å². The summed E-state index contributed by atoms with van der Waals surface area (Å²) in [6, 6.07) is 5.38. The Morgan fingerprint density at radius 1 is 1.47 bits per heavy atom. The van der Waals surface area contributed by atoms with Crippen molar-refractivity contribution in [1.82, 2.24) is 0 Å². The zero-order chi connectivity index (χ0) is 11.3. The lowest BCUT2D eigenvalue weighted by molar-refractivity contribution is 0.112. The molecule has 0 saturated carbocycles. The number of hydrogen-bond acceptors (Lipinski definition) is 2. The fourth-order valence-electron chi connectivity index (χ4n) is 1.04. The number of halogens is 1. The average Bonchev–Trinajstić information content (AvgIpc) is 2.19. The van der Waals surface area contributed by atoms with Crippen LogP contribution in [0.5, 0.6) is 5.75 Å². The molecule has 0 radical (unpaired) electrons. The van der Waals surface area contributed by atoms with Crippen LogP contribution in [0.4, 0.5) is 0 Å². The lowest BCUT2D eigenvalue weighted by Crippen LogP contribution is -1.97. The number of carbonyl (C=O) groups is 1. The largest absolute Gasteiger partial charge is 0.489 e. The lowest BCUT2D eigenvalue weighted by atomic mass is 10.2. The third-order valence-corrected chi connectivity index (χ3v) is 2.32. The van der Waals surface area contributed by atoms with E-state index in [0.29, 0.717) is 17.9 Å². The van der Waals surface area contributed by atoms with Gasteiger partial charge in [0.05, 0.1) is 5.56 Å². The van der Waals surface area contributed by atoms with Crippen molar-refractivity contribution in [3.05, 3.63) is 39.9 Å². The standard InChI is InChI=1S/C12H13BrO2/c1-9(2)5-6-15-12-4-3-11(13)7-10(12)8-14/h3-5,7-8H,6H2,1-2H3. The molecule has 0 fully saturated rings. The molecule has 0 atom stereocenters. The maximum atomic E-state index is 10.8. The number of rotatable bonds is 4. The minimum Gasteiger partial charge on any atom is -0.489 e. The molecule has 0 saturated heterocycles. The van der Waals surface area contributed by atoms with Crippen LogP contribution >= 0.6 is 15.9 Å². The molecule has 0 spiro atoms. The molecule has 1 rings (SSSR count). The smallest absolute Gasteiger partial charge is 0.153 e. The van der Waals surface area contributed by atoms with Crippen molar-refractivity contribution in [2.45, 2.75) is 13.8 Å². The first kappa shape index (κ1) is 12.0. The predicted molar refractivity (Wildman–Crippen MR) is 64.5 cm³/mol. The van der Waals surface area contributed by atoms with Gasteiger partial charge in [0.2, 0.25) is 0 Å². The highest BCUT2D eigenvalue weighted by molar-refractivity contribution is 9.10. The van der Waals surface area contributed by atoms with Crippen LogP contribution in [0.2, 0.25) is 0 Å². The fourth-order valence-corrected chi connectivity index (χ4v) is 1.42. The summed E-state index contributed by atoms with van der Waals surface area (Å²) in [5, 5.41) is 0. The van der Waals surface area contributed by atoms with Gasteiger partial charge in [-0.15, -0.1) is 0 Å². The summed E-state index contributed by atoms with van der Waals surface area (Å²) in [4.78, 5) is 10.8. The van der Waals surface area contributed by atoms with E-state index in [1.807, 2.05) is 26.0 Å². The molecule has 0 N–H and O–H groups in total. The Morgan fingerprint density at radius 3 is 2.80 bits per heavy atom. The first-order valence-electron chi connectivity index (χ1n) is 4.64. The molecular formula is C12H13BrO2. The van der Waals surface area contributed by atoms with E-state index in [2.05, 4.69) is 15.9 Å². The number of benzene rings is 1.